The van der Waals surface area contributed by atoms with Gasteiger partial charge in [0.15, 0.2) is 5.82 Å². The van der Waals surface area contributed by atoms with Gasteiger partial charge in [-0.25, -0.2) is 13.1 Å². The van der Waals surface area contributed by atoms with Crippen molar-refractivity contribution >= 4 is 10.0 Å². The number of hydrogen-bond acceptors (Lipinski definition) is 7. The minimum atomic E-state index is -3.64. The summed E-state index contributed by atoms with van der Waals surface area (Å²) in [6.45, 7) is 3.11. The van der Waals surface area contributed by atoms with Gasteiger partial charge in [0.1, 0.15) is 4.90 Å². The number of nitrogens with one attached hydrogen (secondary N) is 2. The van der Waals surface area contributed by atoms with Gasteiger partial charge in [0.05, 0.1) is 12.7 Å². The van der Waals surface area contributed by atoms with Gasteiger partial charge in [0.2, 0.25) is 15.9 Å². The summed E-state index contributed by atoms with van der Waals surface area (Å²) in [7, 11) is -1.77. The summed E-state index contributed by atoms with van der Waals surface area (Å²) in [5.41, 5.74) is 0. The second kappa shape index (κ2) is 6.78. The quantitative estimate of drug-likeness (QED) is 0.641. The van der Waals surface area contributed by atoms with Crippen molar-refractivity contribution in [3.05, 3.63) is 24.1 Å². The maximum Gasteiger partial charge on any atom is 0.244 e. The fourth-order valence-electron chi connectivity index (χ4n) is 1.68. The first-order chi connectivity index (χ1) is 10.0. The lowest BCUT2D eigenvalue weighted by Crippen LogP contribution is -2.23. The van der Waals surface area contributed by atoms with E-state index in [1.54, 1.807) is 11.6 Å². The molecule has 0 unspecified atom stereocenters. The van der Waals surface area contributed by atoms with Crippen LogP contribution in [0, 0.1) is 6.92 Å². The summed E-state index contributed by atoms with van der Waals surface area (Å²) in [4.78, 5) is 4.04. The van der Waals surface area contributed by atoms with Crippen molar-refractivity contribution in [1.82, 2.24) is 30.0 Å². The lowest BCUT2D eigenvalue weighted by Gasteiger charge is -2.02. The standard InChI is InChI=1S/C11H18N6O3S/c1-9-15-11(20-16-9)7-14-21(18,19)10-6-13-17(8-10)5-3-4-12-2/h6,8,12,14H,3-5,7H2,1-2H3. The molecule has 0 fully saturated rings. The average Bonchev–Trinajstić information content (AvgIpc) is 3.06. The molecule has 0 atom stereocenters. The number of sulfonamides is 1. The lowest BCUT2D eigenvalue weighted by molar-refractivity contribution is 0.372. The fraction of sp³-hybridized carbons (Fsp3) is 0.545. The molecule has 2 heterocycles. The van der Waals surface area contributed by atoms with Crippen molar-refractivity contribution in [2.45, 2.75) is 31.3 Å². The maximum atomic E-state index is 12.1. The highest BCUT2D eigenvalue weighted by Crippen LogP contribution is 2.08. The van der Waals surface area contributed by atoms with Crippen LogP contribution in [0.2, 0.25) is 0 Å². The summed E-state index contributed by atoms with van der Waals surface area (Å²) < 4.78 is 33.0. The fourth-order valence-corrected chi connectivity index (χ4v) is 2.60. The van der Waals surface area contributed by atoms with E-state index in [0.29, 0.717) is 12.4 Å². The van der Waals surface area contributed by atoms with E-state index in [-0.39, 0.29) is 17.3 Å². The molecule has 2 N–H and O–H groups in total. The maximum absolute atomic E-state index is 12.1. The molecule has 0 aliphatic heterocycles. The topological polar surface area (TPSA) is 115 Å². The molecule has 0 spiro atoms. The molecule has 0 aromatic carbocycles. The molecule has 0 saturated heterocycles. The van der Waals surface area contributed by atoms with Crippen LogP contribution in [0.4, 0.5) is 0 Å². The third-order valence-electron chi connectivity index (χ3n) is 2.72. The molecule has 21 heavy (non-hydrogen) atoms. The minimum absolute atomic E-state index is 0.0475. The van der Waals surface area contributed by atoms with Crippen molar-refractivity contribution < 1.29 is 12.9 Å². The number of hydrogen-bond donors (Lipinski definition) is 2. The number of nitrogens with zero attached hydrogens (tertiary/aromatic N) is 4. The largest absolute Gasteiger partial charge is 0.338 e. The summed E-state index contributed by atoms with van der Waals surface area (Å²) in [6.07, 6.45) is 3.68. The van der Waals surface area contributed by atoms with Crippen molar-refractivity contribution in [3.8, 4) is 0 Å². The Balaban J connectivity index is 1.95. The highest BCUT2D eigenvalue weighted by molar-refractivity contribution is 7.89. The normalized spacial score (nSPS) is 11.9. The Morgan fingerprint density at radius 2 is 2.24 bits per heavy atom. The van der Waals surface area contributed by atoms with Crippen LogP contribution in [0.1, 0.15) is 18.1 Å². The molecule has 2 rings (SSSR count). The van der Waals surface area contributed by atoms with E-state index < -0.39 is 10.0 Å². The molecule has 2 aromatic rings. The minimum Gasteiger partial charge on any atom is -0.338 e. The first kappa shape index (κ1) is 15.6. The molecule has 116 valence electrons. The Morgan fingerprint density at radius 3 is 2.90 bits per heavy atom. The van der Waals surface area contributed by atoms with Gasteiger partial charge in [-0.1, -0.05) is 5.16 Å². The monoisotopic (exact) mass is 314 g/mol. The third kappa shape index (κ3) is 4.34. The Kier molecular flexibility index (Phi) is 5.04. The van der Waals surface area contributed by atoms with E-state index in [9.17, 15) is 8.42 Å². The molecule has 0 aliphatic rings. The van der Waals surface area contributed by atoms with Crippen LogP contribution in [0.5, 0.6) is 0 Å². The summed E-state index contributed by atoms with van der Waals surface area (Å²) >= 11 is 0. The Hall–Kier alpha value is -1.78. The first-order valence-corrected chi connectivity index (χ1v) is 7.95. The number of aromatic nitrogens is 4. The van der Waals surface area contributed by atoms with E-state index in [4.69, 9.17) is 4.52 Å². The molecule has 0 aliphatic carbocycles. The molecule has 0 amide bonds. The third-order valence-corrected chi connectivity index (χ3v) is 4.07. The van der Waals surface area contributed by atoms with E-state index in [2.05, 4.69) is 25.3 Å². The zero-order valence-electron chi connectivity index (χ0n) is 11.9. The van der Waals surface area contributed by atoms with Crippen molar-refractivity contribution in [1.29, 1.82) is 0 Å². The number of aryl methyl sites for hydroxylation is 2. The van der Waals surface area contributed by atoms with Gasteiger partial charge in [-0.2, -0.15) is 10.1 Å². The summed E-state index contributed by atoms with van der Waals surface area (Å²) in [6, 6.07) is 0. The summed E-state index contributed by atoms with van der Waals surface area (Å²) in [5.74, 6) is 0.680. The average molecular weight is 314 g/mol. The number of rotatable bonds is 8. The Bertz CT molecular complexity index is 678. The molecule has 9 nitrogen and oxygen atoms in total. The second-order valence-corrected chi connectivity index (χ2v) is 6.22. The Labute approximate surface area is 122 Å². The van der Waals surface area contributed by atoms with Gasteiger partial charge in [0, 0.05) is 12.7 Å². The van der Waals surface area contributed by atoms with Gasteiger partial charge in [-0.15, -0.1) is 0 Å². The van der Waals surface area contributed by atoms with Crippen LogP contribution in [-0.4, -0.2) is 41.9 Å². The summed E-state index contributed by atoms with van der Waals surface area (Å²) in [5, 5.41) is 10.6. The molecular weight excluding hydrogens is 296 g/mol. The molecule has 2 aromatic heterocycles. The van der Waals surface area contributed by atoms with Gasteiger partial charge < -0.3 is 9.84 Å². The molecule has 0 saturated carbocycles. The Morgan fingerprint density at radius 1 is 1.43 bits per heavy atom. The predicted molar refractivity (Wildman–Crippen MR) is 73.8 cm³/mol. The highest BCUT2D eigenvalue weighted by atomic mass is 32.2. The van der Waals surface area contributed by atoms with Crippen LogP contribution < -0.4 is 10.0 Å². The van der Waals surface area contributed by atoms with E-state index in [0.717, 1.165) is 13.0 Å². The molecule has 0 bridgehead atoms. The molecule has 10 heteroatoms. The SMILES string of the molecule is CNCCCn1cc(S(=O)(=O)NCc2nc(C)no2)cn1. The second-order valence-electron chi connectivity index (χ2n) is 4.46. The van der Waals surface area contributed by atoms with Crippen LogP contribution in [0.15, 0.2) is 21.8 Å². The lowest BCUT2D eigenvalue weighted by atomic mass is 10.4. The van der Waals surface area contributed by atoms with Crippen molar-refractivity contribution in [2.24, 2.45) is 0 Å². The molecular formula is C11H18N6O3S. The van der Waals surface area contributed by atoms with Gasteiger partial charge in [-0.3, -0.25) is 4.68 Å². The van der Waals surface area contributed by atoms with Crippen LogP contribution in [-0.2, 0) is 23.1 Å². The van der Waals surface area contributed by atoms with Crippen LogP contribution in [0.25, 0.3) is 0 Å². The highest BCUT2D eigenvalue weighted by Gasteiger charge is 2.17. The molecule has 0 radical (unpaired) electrons. The van der Waals surface area contributed by atoms with E-state index in [1.165, 1.54) is 12.4 Å². The van der Waals surface area contributed by atoms with Crippen LogP contribution >= 0.6 is 0 Å². The van der Waals surface area contributed by atoms with E-state index >= 15 is 0 Å². The van der Waals surface area contributed by atoms with Gasteiger partial charge in [0.25, 0.3) is 0 Å². The van der Waals surface area contributed by atoms with Gasteiger partial charge in [-0.05, 0) is 26.9 Å². The zero-order valence-corrected chi connectivity index (χ0v) is 12.7. The van der Waals surface area contributed by atoms with E-state index in [1.807, 2.05) is 7.05 Å². The van der Waals surface area contributed by atoms with Gasteiger partial charge >= 0.3 is 0 Å². The first-order valence-electron chi connectivity index (χ1n) is 6.47. The zero-order chi connectivity index (χ0) is 15.3. The van der Waals surface area contributed by atoms with Crippen LogP contribution in [0.3, 0.4) is 0 Å². The van der Waals surface area contributed by atoms with Crippen molar-refractivity contribution in [3.63, 3.8) is 0 Å². The van der Waals surface area contributed by atoms with Crippen molar-refractivity contribution in [2.75, 3.05) is 13.6 Å². The predicted octanol–water partition coefficient (Wildman–Crippen LogP) is -0.337. The smallest absolute Gasteiger partial charge is 0.244 e.